The van der Waals surface area contributed by atoms with E-state index in [0.717, 1.165) is 0 Å². The van der Waals surface area contributed by atoms with E-state index in [9.17, 15) is 4.79 Å². The van der Waals surface area contributed by atoms with Gasteiger partial charge in [-0.2, -0.15) is 0 Å². The van der Waals surface area contributed by atoms with Gasteiger partial charge >= 0.3 is 0 Å². The Hall–Kier alpha value is -2.97. The van der Waals surface area contributed by atoms with Crippen LogP contribution in [0.5, 0.6) is 23.0 Å². The second kappa shape index (κ2) is 7.57. The van der Waals surface area contributed by atoms with Crippen molar-refractivity contribution < 1.29 is 33.3 Å². The number of fused-ring (bicyclic) bond motifs is 1. The smallest absolute Gasteiger partial charge is 0.277 e. The third-order valence-corrected chi connectivity index (χ3v) is 4.53. The Morgan fingerprint density at radius 2 is 1.82 bits per heavy atom. The van der Waals surface area contributed by atoms with Gasteiger partial charge in [-0.3, -0.25) is 4.79 Å². The molecule has 0 aliphatic carbocycles. The molecule has 0 bridgehead atoms. The molecule has 1 saturated heterocycles. The number of hydroxylamine groups is 2. The minimum absolute atomic E-state index is 0.152. The van der Waals surface area contributed by atoms with Crippen molar-refractivity contribution in [3.8, 4) is 23.0 Å². The number of hydrogen-bond donors (Lipinski definition) is 0. The predicted octanol–water partition coefficient (Wildman–Crippen LogP) is 2.92. The molecule has 0 aromatic heterocycles. The highest BCUT2D eigenvalue weighted by molar-refractivity contribution is 5.94. The van der Waals surface area contributed by atoms with E-state index in [0.29, 0.717) is 40.7 Å². The SMILES string of the molecule is COc1ccc(C2OC(C)CN(C(=O)c3ccc4c(c3)OCO4)O2)cc1OC. The number of benzene rings is 2. The summed E-state index contributed by atoms with van der Waals surface area (Å²) in [5.74, 6) is 2.04. The van der Waals surface area contributed by atoms with E-state index in [-0.39, 0.29) is 18.8 Å². The van der Waals surface area contributed by atoms with E-state index in [2.05, 4.69) is 0 Å². The normalized spacial score (nSPS) is 20.8. The van der Waals surface area contributed by atoms with Crippen LogP contribution in [0.15, 0.2) is 36.4 Å². The minimum Gasteiger partial charge on any atom is -0.493 e. The van der Waals surface area contributed by atoms with Gasteiger partial charge < -0.3 is 23.7 Å². The fourth-order valence-corrected chi connectivity index (χ4v) is 3.11. The number of nitrogens with zero attached hydrogens (tertiary/aromatic N) is 1. The van der Waals surface area contributed by atoms with Crippen LogP contribution in [-0.2, 0) is 9.57 Å². The lowest BCUT2D eigenvalue weighted by Crippen LogP contribution is -2.44. The molecule has 8 heteroatoms. The molecule has 2 aliphatic rings. The van der Waals surface area contributed by atoms with Crippen molar-refractivity contribution in [1.82, 2.24) is 5.06 Å². The van der Waals surface area contributed by atoms with Gasteiger partial charge in [-0.1, -0.05) is 0 Å². The molecule has 2 unspecified atom stereocenters. The van der Waals surface area contributed by atoms with Crippen LogP contribution in [0.1, 0.15) is 29.1 Å². The molecule has 0 saturated carbocycles. The molecule has 1 amide bonds. The average Bonchev–Trinajstić information content (AvgIpc) is 3.20. The van der Waals surface area contributed by atoms with Crippen molar-refractivity contribution in [2.45, 2.75) is 19.3 Å². The maximum atomic E-state index is 12.9. The predicted molar refractivity (Wildman–Crippen MR) is 97.5 cm³/mol. The molecule has 0 N–H and O–H groups in total. The molecule has 0 radical (unpaired) electrons. The first-order valence-electron chi connectivity index (χ1n) is 8.84. The number of hydrogen-bond acceptors (Lipinski definition) is 7. The molecule has 2 aromatic carbocycles. The Morgan fingerprint density at radius 1 is 1.04 bits per heavy atom. The number of methoxy groups -OCH3 is 2. The van der Waals surface area contributed by atoms with Crippen LogP contribution in [-0.4, -0.2) is 44.6 Å². The van der Waals surface area contributed by atoms with Crippen LogP contribution >= 0.6 is 0 Å². The molecule has 148 valence electrons. The highest BCUT2D eigenvalue weighted by Crippen LogP contribution is 2.36. The fraction of sp³-hybridized carbons (Fsp3) is 0.350. The van der Waals surface area contributed by atoms with Crippen LogP contribution in [0.2, 0.25) is 0 Å². The van der Waals surface area contributed by atoms with Crippen LogP contribution in [0, 0.1) is 0 Å². The zero-order valence-corrected chi connectivity index (χ0v) is 15.8. The molecular weight excluding hydrogens is 366 g/mol. The maximum absolute atomic E-state index is 12.9. The Morgan fingerprint density at radius 3 is 2.61 bits per heavy atom. The summed E-state index contributed by atoms with van der Waals surface area (Å²) < 4.78 is 27.1. The van der Waals surface area contributed by atoms with Crippen molar-refractivity contribution in [3.05, 3.63) is 47.5 Å². The van der Waals surface area contributed by atoms with Gasteiger partial charge in [-0.15, -0.1) is 0 Å². The van der Waals surface area contributed by atoms with Gasteiger partial charge in [-0.25, -0.2) is 9.90 Å². The largest absolute Gasteiger partial charge is 0.493 e. The number of ether oxygens (including phenoxy) is 5. The van der Waals surface area contributed by atoms with E-state index < -0.39 is 6.29 Å². The summed E-state index contributed by atoms with van der Waals surface area (Å²) in [6.07, 6.45) is -0.966. The third-order valence-electron chi connectivity index (χ3n) is 4.53. The van der Waals surface area contributed by atoms with Crippen LogP contribution in [0.4, 0.5) is 0 Å². The Kier molecular flexibility index (Phi) is 4.97. The summed E-state index contributed by atoms with van der Waals surface area (Å²) in [5.41, 5.74) is 1.16. The lowest BCUT2D eigenvalue weighted by Gasteiger charge is -2.36. The van der Waals surface area contributed by atoms with Gasteiger partial charge in [-0.05, 0) is 43.3 Å². The van der Waals surface area contributed by atoms with Crippen LogP contribution in [0.25, 0.3) is 0 Å². The van der Waals surface area contributed by atoms with Gasteiger partial charge in [0.05, 0.1) is 26.9 Å². The highest BCUT2D eigenvalue weighted by atomic mass is 16.8. The molecule has 4 rings (SSSR count). The average molecular weight is 387 g/mol. The van der Waals surface area contributed by atoms with E-state index in [4.69, 9.17) is 28.5 Å². The summed E-state index contributed by atoms with van der Waals surface area (Å²) in [6, 6.07) is 10.4. The first-order valence-corrected chi connectivity index (χ1v) is 8.84. The Bertz CT molecular complexity index is 885. The quantitative estimate of drug-likeness (QED) is 0.798. The van der Waals surface area contributed by atoms with Crippen LogP contribution < -0.4 is 18.9 Å². The molecule has 2 aromatic rings. The summed E-state index contributed by atoms with van der Waals surface area (Å²) in [4.78, 5) is 18.8. The van der Waals surface area contributed by atoms with E-state index in [1.165, 1.54) is 5.06 Å². The lowest BCUT2D eigenvalue weighted by atomic mass is 10.1. The molecule has 2 aliphatic heterocycles. The van der Waals surface area contributed by atoms with Gasteiger partial charge in [0.15, 0.2) is 23.0 Å². The number of carbonyl (C=O) groups excluding carboxylic acids is 1. The minimum atomic E-state index is -0.749. The van der Waals surface area contributed by atoms with Gasteiger partial charge in [0.1, 0.15) is 0 Å². The Balaban J connectivity index is 1.55. The standard InChI is InChI=1S/C20H21NO7/c1-12-10-21(19(22)13-4-7-16-18(8-13)26-11-25-16)28-20(27-12)14-5-6-15(23-2)17(9-14)24-3/h4-9,12,20H,10-11H2,1-3H3. The molecule has 2 heterocycles. The van der Waals surface area contributed by atoms with E-state index in [1.807, 2.05) is 13.0 Å². The van der Waals surface area contributed by atoms with Gasteiger partial charge in [0.2, 0.25) is 13.1 Å². The molecular formula is C20H21NO7. The summed E-state index contributed by atoms with van der Waals surface area (Å²) in [7, 11) is 3.13. The van der Waals surface area contributed by atoms with Crippen molar-refractivity contribution in [2.24, 2.45) is 0 Å². The van der Waals surface area contributed by atoms with Crippen molar-refractivity contribution in [3.63, 3.8) is 0 Å². The number of amides is 1. The molecule has 0 spiro atoms. The zero-order chi connectivity index (χ0) is 19.7. The fourth-order valence-electron chi connectivity index (χ4n) is 3.11. The van der Waals surface area contributed by atoms with Crippen LogP contribution in [0.3, 0.4) is 0 Å². The topological polar surface area (TPSA) is 75.7 Å². The lowest BCUT2D eigenvalue weighted by molar-refractivity contribution is -0.320. The Labute approximate surface area is 162 Å². The molecule has 2 atom stereocenters. The second-order valence-electron chi connectivity index (χ2n) is 6.43. The zero-order valence-electron chi connectivity index (χ0n) is 15.8. The summed E-state index contributed by atoms with van der Waals surface area (Å²) >= 11 is 0. The maximum Gasteiger partial charge on any atom is 0.277 e. The summed E-state index contributed by atoms with van der Waals surface area (Å²) in [5, 5.41) is 1.31. The second-order valence-corrected chi connectivity index (χ2v) is 6.43. The van der Waals surface area contributed by atoms with Crippen molar-refractivity contribution in [2.75, 3.05) is 27.6 Å². The highest BCUT2D eigenvalue weighted by Gasteiger charge is 2.32. The molecule has 8 nitrogen and oxygen atoms in total. The first kappa shape index (κ1) is 18.4. The van der Waals surface area contributed by atoms with E-state index >= 15 is 0 Å². The summed E-state index contributed by atoms with van der Waals surface area (Å²) in [6.45, 7) is 2.34. The van der Waals surface area contributed by atoms with E-state index in [1.54, 1.807) is 44.6 Å². The monoisotopic (exact) mass is 387 g/mol. The van der Waals surface area contributed by atoms with Gasteiger partial charge in [0, 0.05) is 11.1 Å². The molecule has 28 heavy (non-hydrogen) atoms. The van der Waals surface area contributed by atoms with Crippen molar-refractivity contribution in [1.29, 1.82) is 0 Å². The third kappa shape index (κ3) is 3.44. The van der Waals surface area contributed by atoms with Crippen molar-refractivity contribution >= 4 is 5.91 Å². The number of carbonyl (C=O) groups is 1. The first-order chi connectivity index (χ1) is 13.6. The number of rotatable bonds is 4. The van der Waals surface area contributed by atoms with Gasteiger partial charge in [0.25, 0.3) is 5.91 Å². The molecule has 1 fully saturated rings.